The van der Waals surface area contributed by atoms with Gasteiger partial charge in [-0.15, -0.1) is 0 Å². The average molecular weight is 308 g/mol. The van der Waals surface area contributed by atoms with Gasteiger partial charge in [-0.3, -0.25) is 4.79 Å². The SMILES string of the molecule is CC1OCCC1S(=O)(=O)CC(=O)c1coc2ccccc12. The van der Waals surface area contributed by atoms with Gasteiger partial charge in [0.1, 0.15) is 17.6 Å². The van der Waals surface area contributed by atoms with Crippen LogP contribution in [0, 0.1) is 0 Å². The van der Waals surface area contributed by atoms with Gasteiger partial charge in [0.2, 0.25) is 0 Å². The molecule has 2 heterocycles. The molecule has 0 amide bonds. The molecule has 0 N–H and O–H groups in total. The number of rotatable bonds is 4. The first-order valence-electron chi connectivity index (χ1n) is 6.81. The van der Waals surface area contributed by atoms with Crippen LogP contribution in [-0.4, -0.2) is 37.9 Å². The van der Waals surface area contributed by atoms with E-state index in [2.05, 4.69) is 0 Å². The van der Waals surface area contributed by atoms with E-state index in [1.807, 2.05) is 0 Å². The van der Waals surface area contributed by atoms with Gasteiger partial charge in [0.05, 0.1) is 16.9 Å². The predicted molar refractivity (Wildman–Crippen MR) is 78.2 cm³/mol. The topological polar surface area (TPSA) is 73.6 Å². The summed E-state index contributed by atoms with van der Waals surface area (Å²) in [5.41, 5.74) is 0.900. The van der Waals surface area contributed by atoms with Crippen molar-refractivity contribution in [3.63, 3.8) is 0 Å². The summed E-state index contributed by atoms with van der Waals surface area (Å²) in [7, 11) is -3.52. The molecule has 0 radical (unpaired) electrons. The van der Waals surface area contributed by atoms with Crippen molar-refractivity contribution in [1.82, 2.24) is 0 Å². The van der Waals surface area contributed by atoms with Crippen LogP contribution < -0.4 is 0 Å². The van der Waals surface area contributed by atoms with Crippen molar-refractivity contribution in [3.8, 4) is 0 Å². The highest BCUT2D eigenvalue weighted by Gasteiger charge is 2.37. The first-order chi connectivity index (χ1) is 9.99. The Kier molecular flexibility index (Phi) is 3.59. The number of para-hydroxylation sites is 1. The Hall–Kier alpha value is -1.66. The van der Waals surface area contributed by atoms with E-state index in [1.54, 1.807) is 31.2 Å². The Labute approximate surface area is 122 Å². The maximum Gasteiger partial charge on any atom is 0.181 e. The third-order valence-electron chi connectivity index (χ3n) is 3.88. The van der Waals surface area contributed by atoms with Crippen LogP contribution in [0.25, 0.3) is 11.0 Å². The lowest BCUT2D eigenvalue weighted by Gasteiger charge is -2.14. The molecule has 112 valence electrons. The molecule has 1 fully saturated rings. The van der Waals surface area contributed by atoms with Crippen LogP contribution in [0.1, 0.15) is 23.7 Å². The summed E-state index contributed by atoms with van der Waals surface area (Å²) >= 11 is 0. The van der Waals surface area contributed by atoms with Crippen LogP contribution in [0.5, 0.6) is 0 Å². The highest BCUT2D eigenvalue weighted by Crippen LogP contribution is 2.25. The van der Waals surface area contributed by atoms with E-state index in [1.165, 1.54) is 6.26 Å². The molecule has 2 unspecified atom stereocenters. The normalized spacial score (nSPS) is 22.7. The molecule has 2 atom stereocenters. The van der Waals surface area contributed by atoms with Crippen LogP contribution in [0.15, 0.2) is 34.9 Å². The zero-order valence-corrected chi connectivity index (χ0v) is 12.4. The molecule has 21 heavy (non-hydrogen) atoms. The smallest absolute Gasteiger partial charge is 0.181 e. The van der Waals surface area contributed by atoms with E-state index < -0.39 is 26.6 Å². The number of ether oxygens (including phenoxy) is 1. The number of hydrogen-bond acceptors (Lipinski definition) is 5. The van der Waals surface area contributed by atoms with E-state index >= 15 is 0 Å². The fourth-order valence-electron chi connectivity index (χ4n) is 2.74. The molecule has 2 aromatic rings. The zero-order chi connectivity index (χ0) is 15.0. The van der Waals surface area contributed by atoms with Gasteiger partial charge in [-0.05, 0) is 19.4 Å². The monoisotopic (exact) mass is 308 g/mol. The lowest BCUT2D eigenvalue weighted by molar-refractivity contribution is 0.102. The van der Waals surface area contributed by atoms with Crippen molar-refractivity contribution in [2.24, 2.45) is 0 Å². The lowest BCUT2D eigenvalue weighted by atomic mass is 10.1. The number of carbonyl (C=O) groups is 1. The van der Waals surface area contributed by atoms with Crippen LogP contribution >= 0.6 is 0 Å². The van der Waals surface area contributed by atoms with Crippen molar-refractivity contribution < 1.29 is 22.4 Å². The van der Waals surface area contributed by atoms with Gasteiger partial charge in [0.25, 0.3) is 0 Å². The first-order valence-corrected chi connectivity index (χ1v) is 8.53. The van der Waals surface area contributed by atoms with E-state index in [0.717, 1.165) is 0 Å². The van der Waals surface area contributed by atoms with Crippen molar-refractivity contribution in [2.75, 3.05) is 12.4 Å². The van der Waals surface area contributed by atoms with Gasteiger partial charge < -0.3 is 9.15 Å². The third kappa shape index (κ3) is 2.61. The van der Waals surface area contributed by atoms with Gasteiger partial charge in [0, 0.05) is 12.0 Å². The van der Waals surface area contributed by atoms with Gasteiger partial charge >= 0.3 is 0 Å². The number of ketones is 1. The summed E-state index contributed by atoms with van der Waals surface area (Å²) in [5, 5.41) is 0.0491. The first kappa shape index (κ1) is 14.3. The molecule has 0 aliphatic carbocycles. The number of Topliss-reactive ketones (excluding diaryl/α,β-unsaturated/α-hetero) is 1. The fourth-order valence-corrected chi connectivity index (χ4v) is 4.60. The summed E-state index contributed by atoms with van der Waals surface area (Å²) < 4.78 is 35.3. The van der Waals surface area contributed by atoms with Gasteiger partial charge in [-0.25, -0.2) is 8.42 Å². The molecule has 0 spiro atoms. The minimum atomic E-state index is -3.52. The average Bonchev–Trinajstić information content (AvgIpc) is 3.04. The molecule has 0 bridgehead atoms. The van der Waals surface area contributed by atoms with Crippen LogP contribution in [-0.2, 0) is 14.6 Å². The second-order valence-electron chi connectivity index (χ2n) is 5.28. The Balaban J connectivity index is 1.86. The zero-order valence-electron chi connectivity index (χ0n) is 11.6. The van der Waals surface area contributed by atoms with Crippen molar-refractivity contribution in [2.45, 2.75) is 24.7 Å². The summed E-state index contributed by atoms with van der Waals surface area (Å²) in [6.45, 7) is 2.15. The molecule has 3 rings (SSSR count). The number of fused-ring (bicyclic) bond motifs is 1. The van der Waals surface area contributed by atoms with Gasteiger partial charge in [0.15, 0.2) is 15.6 Å². The number of benzene rings is 1. The maximum absolute atomic E-state index is 12.4. The molecule has 1 saturated heterocycles. The number of hydrogen-bond donors (Lipinski definition) is 0. The largest absolute Gasteiger partial charge is 0.464 e. The minimum absolute atomic E-state index is 0.320. The molecule has 6 heteroatoms. The highest BCUT2D eigenvalue weighted by atomic mass is 32.2. The second-order valence-corrected chi connectivity index (χ2v) is 7.50. The fraction of sp³-hybridized carbons (Fsp3) is 0.400. The van der Waals surface area contributed by atoms with Crippen LogP contribution in [0.3, 0.4) is 0 Å². The highest BCUT2D eigenvalue weighted by molar-refractivity contribution is 7.92. The Morgan fingerprint density at radius 1 is 1.33 bits per heavy atom. The van der Waals surface area contributed by atoms with Crippen LogP contribution in [0.4, 0.5) is 0 Å². The van der Waals surface area contributed by atoms with Crippen LogP contribution in [0.2, 0.25) is 0 Å². The van der Waals surface area contributed by atoms with Crippen molar-refractivity contribution in [3.05, 3.63) is 36.1 Å². The van der Waals surface area contributed by atoms with E-state index in [-0.39, 0.29) is 6.10 Å². The van der Waals surface area contributed by atoms with E-state index in [0.29, 0.717) is 29.6 Å². The molecule has 1 aromatic heterocycles. The van der Waals surface area contributed by atoms with Crippen molar-refractivity contribution >= 4 is 26.6 Å². The summed E-state index contributed by atoms with van der Waals surface area (Å²) in [5.74, 6) is -0.937. The third-order valence-corrected chi connectivity index (χ3v) is 6.09. The summed E-state index contributed by atoms with van der Waals surface area (Å²) in [6, 6.07) is 7.08. The molecule has 1 aromatic carbocycles. The van der Waals surface area contributed by atoms with Gasteiger partial charge in [-0.1, -0.05) is 18.2 Å². The Morgan fingerprint density at radius 3 is 2.81 bits per heavy atom. The lowest BCUT2D eigenvalue weighted by Crippen LogP contribution is -2.32. The number of sulfone groups is 1. The molecule has 1 aliphatic rings. The molecule has 0 saturated carbocycles. The van der Waals surface area contributed by atoms with E-state index in [4.69, 9.17) is 9.15 Å². The molecular formula is C15H16O5S. The summed E-state index contributed by atoms with van der Waals surface area (Å²) in [4.78, 5) is 12.3. The summed E-state index contributed by atoms with van der Waals surface area (Å²) in [6.07, 6.45) is 1.42. The van der Waals surface area contributed by atoms with Crippen molar-refractivity contribution in [1.29, 1.82) is 0 Å². The minimum Gasteiger partial charge on any atom is -0.464 e. The second kappa shape index (κ2) is 5.27. The molecule has 1 aliphatic heterocycles. The maximum atomic E-state index is 12.4. The molecule has 5 nitrogen and oxygen atoms in total. The Bertz CT molecular complexity index is 774. The Morgan fingerprint density at radius 2 is 2.10 bits per heavy atom. The van der Waals surface area contributed by atoms with Gasteiger partial charge in [-0.2, -0.15) is 0 Å². The quantitative estimate of drug-likeness (QED) is 0.810. The number of carbonyl (C=O) groups excluding carboxylic acids is 1. The standard InChI is InChI=1S/C15H16O5S/c1-10-15(6-7-19-10)21(17,18)9-13(16)12-8-20-14-5-3-2-4-11(12)14/h2-5,8,10,15H,6-7,9H2,1H3. The molecular weight excluding hydrogens is 292 g/mol. The predicted octanol–water partition coefficient (Wildman–Crippen LogP) is 2.21. The number of furan rings is 1. The van der Waals surface area contributed by atoms with E-state index in [9.17, 15) is 13.2 Å².